The van der Waals surface area contributed by atoms with Gasteiger partial charge in [0.15, 0.2) is 0 Å². The van der Waals surface area contributed by atoms with E-state index in [-0.39, 0.29) is 18.3 Å². The summed E-state index contributed by atoms with van der Waals surface area (Å²) >= 11 is 0. The molecule has 34 heavy (non-hydrogen) atoms. The Morgan fingerprint density at radius 3 is 2.38 bits per heavy atom. The number of hydrogen-bond donors (Lipinski definition) is 4. The number of piperidine rings is 1. The number of nitrogens with one attached hydrogen (secondary N) is 1. The first-order valence-electron chi connectivity index (χ1n) is 10.9. The molecule has 0 spiro atoms. The topological polar surface area (TPSA) is 171 Å². The standard InChI is InChI=1S/C15H19NO4.C9H13N3O2/c1-11-6-5-9-16(13(11)14(17)18)15(19)20-10-12-7-3-2-4-8-12;10-8(9(14)12-11)5-6-1-3-7(13)4-2-6/h2-4,7-8,11,13H,5-6,9-10H2,1H3,(H,17,18);1-4,8,13H,5,10-11H2,(H,12,14)/p-1/t11-,13+;8-/m00/s1. The van der Waals surface area contributed by atoms with Crippen LogP contribution in [0.25, 0.3) is 0 Å². The van der Waals surface area contributed by atoms with Crippen LogP contribution in [0.15, 0.2) is 54.6 Å². The number of nitrogens with zero attached hydrogens (tertiary/aromatic N) is 1. The Kier molecular flexibility index (Phi) is 10.3. The highest BCUT2D eigenvalue weighted by molar-refractivity contribution is 5.81. The third-order valence-electron chi connectivity index (χ3n) is 5.49. The van der Waals surface area contributed by atoms with E-state index in [1.165, 1.54) is 4.90 Å². The molecule has 1 aliphatic heterocycles. The van der Waals surface area contributed by atoms with E-state index in [1.54, 1.807) is 24.3 Å². The van der Waals surface area contributed by atoms with E-state index >= 15 is 0 Å². The summed E-state index contributed by atoms with van der Waals surface area (Å²) in [6, 6.07) is 14.2. The fourth-order valence-corrected chi connectivity index (χ4v) is 3.64. The van der Waals surface area contributed by atoms with Crippen LogP contribution in [0.5, 0.6) is 5.75 Å². The maximum absolute atomic E-state index is 12.0. The largest absolute Gasteiger partial charge is 0.548 e. The first kappa shape index (κ1) is 26.6. The minimum absolute atomic E-state index is 0.113. The Morgan fingerprint density at radius 2 is 1.79 bits per heavy atom. The molecular weight excluding hydrogens is 440 g/mol. The minimum Gasteiger partial charge on any atom is -0.548 e. The lowest BCUT2D eigenvalue weighted by Crippen LogP contribution is -2.56. The Balaban J connectivity index is 0.000000257. The molecule has 3 atom stereocenters. The number of rotatable bonds is 6. The molecular formula is C24H31N4O6-. The Labute approximate surface area is 198 Å². The lowest BCUT2D eigenvalue weighted by Gasteiger charge is -2.39. The van der Waals surface area contributed by atoms with Crippen LogP contribution in [0.4, 0.5) is 4.79 Å². The molecule has 1 saturated heterocycles. The summed E-state index contributed by atoms with van der Waals surface area (Å²) in [5.41, 5.74) is 9.27. The van der Waals surface area contributed by atoms with Gasteiger partial charge in [-0.25, -0.2) is 10.6 Å². The number of carbonyl (C=O) groups is 3. The molecule has 1 heterocycles. The molecule has 0 saturated carbocycles. The number of ether oxygens (including phenoxy) is 1. The Hall–Kier alpha value is -3.63. The first-order valence-corrected chi connectivity index (χ1v) is 10.9. The van der Waals surface area contributed by atoms with Crippen molar-refractivity contribution in [2.24, 2.45) is 17.5 Å². The molecule has 0 aliphatic carbocycles. The molecule has 1 fully saturated rings. The zero-order chi connectivity index (χ0) is 25.1. The van der Waals surface area contributed by atoms with E-state index in [1.807, 2.05) is 42.7 Å². The van der Waals surface area contributed by atoms with Crippen molar-refractivity contribution in [2.45, 2.75) is 44.9 Å². The zero-order valence-electron chi connectivity index (χ0n) is 19.1. The zero-order valence-corrected chi connectivity index (χ0v) is 19.1. The fraction of sp³-hybridized carbons (Fsp3) is 0.375. The van der Waals surface area contributed by atoms with Gasteiger partial charge in [0, 0.05) is 6.54 Å². The van der Waals surface area contributed by atoms with Gasteiger partial charge in [0.2, 0.25) is 0 Å². The van der Waals surface area contributed by atoms with Crippen molar-refractivity contribution in [2.75, 3.05) is 6.54 Å². The molecule has 2 aromatic carbocycles. The van der Waals surface area contributed by atoms with Crippen molar-refractivity contribution >= 4 is 18.0 Å². The van der Waals surface area contributed by atoms with Crippen molar-refractivity contribution < 1.29 is 29.3 Å². The summed E-state index contributed by atoms with van der Waals surface area (Å²) in [5.74, 6) is 3.39. The maximum Gasteiger partial charge on any atom is 0.410 e. The molecule has 184 valence electrons. The molecule has 10 nitrogen and oxygen atoms in total. The monoisotopic (exact) mass is 471 g/mol. The molecule has 10 heteroatoms. The van der Waals surface area contributed by atoms with Crippen molar-refractivity contribution in [1.82, 2.24) is 10.3 Å². The molecule has 0 bridgehead atoms. The highest BCUT2D eigenvalue weighted by Gasteiger charge is 2.33. The van der Waals surface area contributed by atoms with Gasteiger partial charge in [-0.2, -0.15) is 0 Å². The lowest BCUT2D eigenvalue weighted by atomic mass is 9.91. The SMILES string of the molecule is C[C@H]1CCCN(C(=O)OCc2ccccc2)[C@H]1C(=O)[O-].NNC(=O)[C@@H](N)Cc1ccc(O)cc1. The highest BCUT2D eigenvalue weighted by atomic mass is 16.6. The molecule has 2 amide bonds. The van der Waals surface area contributed by atoms with E-state index in [2.05, 4.69) is 0 Å². The number of benzene rings is 2. The van der Waals surface area contributed by atoms with Crippen molar-refractivity contribution in [1.29, 1.82) is 0 Å². The number of carbonyl (C=O) groups excluding carboxylic acids is 3. The number of likely N-dealkylation sites (tertiary alicyclic amines) is 1. The minimum atomic E-state index is -1.21. The third-order valence-corrected chi connectivity index (χ3v) is 5.49. The molecule has 1 aliphatic rings. The Morgan fingerprint density at radius 1 is 1.15 bits per heavy atom. The normalized spacial score (nSPS) is 18.1. The Bertz CT molecular complexity index is 938. The number of carboxylic acids is 1. The van der Waals surface area contributed by atoms with Gasteiger partial charge in [-0.1, -0.05) is 49.4 Å². The molecule has 0 aromatic heterocycles. The molecule has 3 rings (SSSR count). The number of hydrazine groups is 1. The quantitative estimate of drug-likeness (QED) is 0.267. The van der Waals surface area contributed by atoms with Crippen LogP contribution in [0, 0.1) is 5.92 Å². The number of phenolic OH excluding ortho intramolecular Hbond substituents is 1. The van der Waals surface area contributed by atoms with E-state index in [0.29, 0.717) is 13.0 Å². The molecule has 0 radical (unpaired) electrons. The molecule has 2 aromatic rings. The second-order valence-electron chi connectivity index (χ2n) is 8.10. The fourth-order valence-electron chi connectivity index (χ4n) is 3.64. The van der Waals surface area contributed by atoms with Gasteiger partial charge in [-0.3, -0.25) is 15.1 Å². The van der Waals surface area contributed by atoms with Gasteiger partial charge >= 0.3 is 6.09 Å². The van der Waals surface area contributed by atoms with Crippen molar-refractivity contribution in [3.8, 4) is 5.75 Å². The summed E-state index contributed by atoms with van der Waals surface area (Å²) in [4.78, 5) is 35.5. The second kappa shape index (κ2) is 13.2. The van der Waals surface area contributed by atoms with Gasteiger partial charge in [0.25, 0.3) is 5.91 Å². The number of hydrogen-bond acceptors (Lipinski definition) is 8. The van der Waals surface area contributed by atoms with Gasteiger partial charge in [0.1, 0.15) is 12.4 Å². The van der Waals surface area contributed by atoms with Crippen LogP contribution < -0.4 is 22.1 Å². The molecule has 6 N–H and O–H groups in total. The highest BCUT2D eigenvalue weighted by Crippen LogP contribution is 2.24. The number of aromatic hydroxyl groups is 1. The smallest absolute Gasteiger partial charge is 0.410 e. The van der Waals surface area contributed by atoms with Gasteiger partial charge in [-0.15, -0.1) is 0 Å². The van der Waals surface area contributed by atoms with Gasteiger partial charge in [-0.05, 0) is 48.4 Å². The predicted octanol–water partition coefficient (Wildman–Crippen LogP) is 0.426. The van der Waals surface area contributed by atoms with Crippen LogP contribution in [-0.4, -0.2) is 46.6 Å². The number of phenols is 1. The molecule has 0 unspecified atom stereocenters. The number of aliphatic carboxylic acids is 1. The van der Waals surface area contributed by atoms with Crippen LogP contribution in [0.2, 0.25) is 0 Å². The summed E-state index contributed by atoms with van der Waals surface area (Å²) in [7, 11) is 0. The van der Waals surface area contributed by atoms with Crippen molar-refractivity contribution in [3.05, 3.63) is 65.7 Å². The summed E-state index contributed by atoms with van der Waals surface area (Å²) < 4.78 is 5.19. The summed E-state index contributed by atoms with van der Waals surface area (Å²) in [5, 5.41) is 20.2. The number of nitrogens with two attached hydrogens (primary N) is 2. The number of carboxylic acid groups (broad SMARTS) is 1. The van der Waals surface area contributed by atoms with Crippen LogP contribution in [0.3, 0.4) is 0 Å². The average molecular weight is 472 g/mol. The lowest BCUT2D eigenvalue weighted by molar-refractivity contribution is -0.313. The van der Waals surface area contributed by atoms with E-state index in [0.717, 1.165) is 24.0 Å². The van der Waals surface area contributed by atoms with Gasteiger partial charge < -0.3 is 25.5 Å². The van der Waals surface area contributed by atoms with Crippen molar-refractivity contribution in [3.63, 3.8) is 0 Å². The number of amides is 2. The third kappa shape index (κ3) is 8.05. The van der Waals surface area contributed by atoms with E-state index < -0.39 is 30.1 Å². The second-order valence-corrected chi connectivity index (χ2v) is 8.10. The average Bonchev–Trinajstić information content (AvgIpc) is 2.84. The summed E-state index contributed by atoms with van der Waals surface area (Å²) in [6.07, 6.45) is 1.37. The van der Waals surface area contributed by atoms with Crippen LogP contribution in [0.1, 0.15) is 30.9 Å². The van der Waals surface area contributed by atoms with Gasteiger partial charge in [0.05, 0.1) is 18.1 Å². The van der Waals surface area contributed by atoms with Crippen LogP contribution in [-0.2, 0) is 27.4 Å². The maximum atomic E-state index is 12.0. The summed E-state index contributed by atoms with van der Waals surface area (Å²) in [6.45, 7) is 2.36. The van der Waals surface area contributed by atoms with Crippen LogP contribution >= 0.6 is 0 Å². The predicted molar refractivity (Wildman–Crippen MR) is 123 cm³/mol. The first-order chi connectivity index (χ1) is 16.2. The van der Waals surface area contributed by atoms with E-state index in [4.69, 9.17) is 21.4 Å². The van der Waals surface area contributed by atoms with E-state index in [9.17, 15) is 19.5 Å².